The van der Waals surface area contributed by atoms with Gasteiger partial charge in [0.15, 0.2) is 0 Å². The molecular formula is C18H31NO. The highest BCUT2D eigenvalue weighted by molar-refractivity contribution is 5.31. The molecule has 0 bridgehead atoms. The van der Waals surface area contributed by atoms with Gasteiger partial charge in [0.1, 0.15) is 5.75 Å². The Labute approximate surface area is 125 Å². The van der Waals surface area contributed by atoms with E-state index >= 15 is 0 Å². The number of ether oxygens (including phenoxy) is 1. The second-order valence-electron chi connectivity index (χ2n) is 6.83. The molecule has 0 N–H and O–H groups in total. The van der Waals surface area contributed by atoms with E-state index in [2.05, 4.69) is 57.0 Å². The second-order valence-corrected chi connectivity index (χ2v) is 6.83. The van der Waals surface area contributed by atoms with Gasteiger partial charge in [-0.1, -0.05) is 40.3 Å². The van der Waals surface area contributed by atoms with E-state index in [0.29, 0.717) is 0 Å². The fraction of sp³-hybridized carbons (Fsp3) is 0.667. The first-order valence-corrected chi connectivity index (χ1v) is 7.37. The third-order valence-electron chi connectivity index (χ3n) is 4.04. The van der Waals surface area contributed by atoms with Gasteiger partial charge in [-0.05, 0) is 62.0 Å². The van der Waals surface area contributed by atoms with Gasteiger partial charge >= 0.3 is 0 Å². The molecular weight excluding hydrogens is 246 g/mol. The average molecular weight is 277 g/mol. The Morgan fingerprint density at radius 1 is 1.10 bits per heavy atom. The van der Waals surface area contributed by atoms with Crippen LogP contribution in [0.4, 0.5) is 0 Å². The number of hydrogen-bond donors (Lipinski definition) is 0. The van der Waals surface area contributed by atoms with Crippen molar-refractivity contribution in [2.75, 3.05) is 26.7 Å². The van der Waals surface area contributed by atoms with E-state index in [1.165, 1.54) is 31.5 Å². The molecule has 1 heterocycles. The van der Waals surface area contributed by atoms with Crippen LogP contribution in [0.1, 0.15) is 46.6 Å². The van der Waals surface area contributed by atoms with Crippen LogP contribution in [0.3, 0.4) is 0 Å². The van der Waals surface area contributed by atoms with Crippen molar-refractivity contribution >= 4 is 0 Å². The number of hydrogen-bond acceptors (Lipinski definition) is 2. The van der Waals surface area contributed by atoms with E-state index in [0.717, 1.165) is 18.3 Å². The van der Waals surface area contributed by atoms with Crippen molar-refractivity contribution in [1.29, 1.82) is 0 Å². The first kappa shape index (κ1) is 17.0. The molecule has 20 heavy (non-hydrogen) atoms. The van der Waals surface area contributed by atoms with E-state index in [-0.39, 0.29) is 12.8 Å². The summed E-state index contributed by atoms with van der Waals surface area (Å²) in [5, 5.41) is 0. The fourth-order valence-corrected chi connectivity index (χ4v) is 2.49. The Morgan fingerprint density at radius 2 is 1.65 bits per heavy atom. The zero-order valence-electron chi connectivity index (χ0n) is 12.8. The lowest BCUT2D eigenvalue weighted by molar-refractivity contribution is 0.160. The van der Waals surface area contributed by atoms with Gasteiger partial charge in [0.05, 0.1) is 6.61 Å². The molecule has 1 aromatic carbocycles. The molecule has 2 heteroatoms. The van der Waals surface area contributed by atoms with Crippen molar-refractivity contribution in [1.82, 2.24) is 4.90 Å². The van der Waals surface area contributed by atoms with Gasteiger partial charge in [0, 0.05) is 0 Å². The summed E-state index contributed by atoms with van der Waals surface area (Å²) >= 11 is 0. The van der Waals surface area contributed by atoms with E-state index in [1.54, 1.807) is 0 Å². The van der Waals surface area contributed by atoms with Gasteiger partial charge in [-0.15, -0.1) is 0 Å². The molecule has 1 aliphatic heterocycles. The van der Waals surface area contributed by atoms with Crippen molar-refractivity contribution in [2.24, 2.45) is 5.92 Å². The van der Waals surface area contributed by atoms with Crippen LogP contribution in [-0.4, -0.2) is 31.6 Å². The van der Waals surface area contributed by atoms with Crippen LogP contribution in [0.15, 0.2) is 24.3 Å². The smallest absolute Gasteiger partial charge is 0.119 e. The molecule has 2 nitrogen and oxygen atoms in total. The van der Waals surface area contributed by atoms with E-state index < -0.39 is 0 Å². The Bertz CT molecular complexity index is 383. The third-order valence-corrected chi connectivity index (χ3v) is 4.04. The summed E-state index contributed by atoms with van der Waals surface area (Å²) in [4.78, 5) is 2.40. The van der Waals surface area contributed by atoms with Gasteiger partial charge in [-0.2, -0.15) is 0 Å². The lowest BCUT2D eigenvalue weighted by Gasteiger charge is -2.28. The van der Waals surface area contributed by atoms with Crippen LogP contribution >= 0.6 is 0 Å². The van der Waals surface area contributed by atoms with E-state index in [9.17, 15) is 0 Å². The molecule has 1 aromatic rings. The molecule has 0 saturated carbocycles. The van der Waals surface area contributed by atoms with Crippen LogP contribution in [0.5, 0.6) is 5.75 Å². The SMILES string of the molecule is C.CN1CCC(COc2ccc(C(C)(C)C)cc2)CC1. The van der Waals surface area contributed by atoms with Crippen molar-refractivity contribution in [3.05, 3.63) is 29.8 Å². The summed E-state index contributed by atoms with van der Waals surface area (Å²) in [6, 6.07) is 8.58. The highest BCUT2D eigenvalue weighted by Gasteiger charge is 2.17. The minimum absolute atomic E-state index is 0. The Balaban J connectivity index is 0.00000200. The first-order valence-electron chi connectivity index (χ1n) is 7.37. The molecule has 1 fully saturated rings. The maximum atomic E-state index is 5.93. The van der Waals surface area contributed by atoms with Crippen molar-refractivity contribution in [3.63, 3.8) is 0 Å². The molecule has 0 unspecified atom stereocenters. The Morgan fingerprint density at radius 3 is 2.15 bits per heavy atom. The molecule has 1 aliphatic rings. The number of nitrogens with zero attached hydrogens (tertiary/aromatic N) is 1. The standard InChI is InChI=1S/C17H27NO.CH4/c1-17(2,3)15-5-7-16(8-6-15)19-13-14-9-11-18(4)12-10-14;/h5-8,14H,9-13H2,1-4H3;1H4. The number of likely N-dealkylation sites (tertiary alicyclic amines) is 1. The molecule has 2 rings (SSSR count). The lowest BCUT2D eigenvalue weighted by Crippen LogP contribution is -2.32. The summed E-state index contributed by atoms with van der Waals surface area (Å²) in [7, 11) is 2.20. The minimum Gasteiger partial charge on any atom is -0.493 e. The first-order chi connectivity index (χ1) is 8.95. The third kappa shape index (κ3) is 4.82. The maximum Gasteiger partial charge on any atom is 0.119 e. The topological polar surface area (TPSA) is 12.5 Å². The van der Waals surface area contributed by atoms with Crippen LogP contribution in [0, 0.1) is 5.92 Å². The molecule has 114 valence electrons. The van der Waals surface area contributed by atoms with Gasteiger partial charge in [0.25, 0.3) is 0 Å². The zero-order valence-corrected chi connectivity index (χ0v) is 12.8. The van der Waals surface area contributed by atoms with Crippen molar-refractivity contribution < 1.29 is 4.74 Å². The fourth-order valence-electron chi connectivity index (χ4n) is 2.49. The van der Waals surface area contributed by atoms with Crippen LogP contribution in [0.2, 0.25) is 0 Å². The average Bonchev–Trinajstić information content (AvgIpc) is 2.37. The maximum absolute atomic E-state index is 5.93. The van der Waals surface area contributed by atoms with E-state index in [1.807, 2.05) is 0 Å². The van der Waals surface area contributed by atoms with Crippen LogP contribution in [0.25, 0.3) is 0 Å². The van der Waals surface area contributed by atoms with Crippen LogP contribution in [-0.2, 0) is 5.41 Å². The van der Waals surface area contributed by atoms with Gasteiger partial charge in [-0.3, -0.25) is 0 Å². The summed E-state index contributed by atoms with van der Waals surface area (Å²) in [5.41, 5.74) is 1.58. The summed E-state index contributed by atoms with van der Waals surface area (Å²) in [6.45, 7) is 9.99. The molecule has 0 radical (unpaired) electrons. The quantitative estimate of drug-likeness (QED) is 0.815. The van der Waals surface area contributed by atoms with Crippen molar-refractivity contribution in [2.45, 2.75) is 46.5 Å². The summed E-state index contributed by atoms with van der Waals surface area (Å²) in [5.74, 6) is 1.73. The monoisotopic (exact) mass is 277 g/mol. The normalized spacial score (nSPS) is 17.6. The van der Waals surface area contributed by atoms with Gasteiger partial charge in [-0.25, -0.2) is 0 Å². The lowest BCUT2D eigenvalue weighted by atomic mass is 9.87. The number of benzene rings is 1. The number of piperidine rings is 1. The predicted octanol–water partition coefficient (Wildman–Crippen LogP) is 4.34. The highest BCUT2D eigenvalue weighted by Crippen LogP contribution is 2.25. The molecule has 0 spiro atoms. The molecule has 0 aliphatic carbocycles. The molecule has 1 saturated heterocycles. The molecule has 0 atom stereocenters. The minimum atomic E-state index is 0. The molecule has 0 amide bonds. The highest BCUT2D eigenvalue weighted by atomic mass is 16.5. The molecule has 0 aromatic heterocycles. The predicted molar refractivity (Wildman–Crippen MR) is 87.6 cm³/mol. The second kappa shape index (κ2) is 7.12. The summed E-state index contributed by atoms with van der Waals surface area (Å²) < 4.78 is 5.93. The zero-order chi connectivity index (χ0) is 13.9. The summed E-state index contributed by atoms with van der Waals surface area (Å²) in [6.07, 6.45) is 2.52. The van der Waals surface area contributed by atoms with Gasteiger partial charge in [0.2, 0.25) is 0 Å². The van der Waals surface area contributed by atoms with Gasteiger partial charge < -0.3 is 9.64 Å². The largest absolute Gasteiger partial charge is 0.493 e. The number of rotatable bonds is 3. The van der Waals surface area contributed by atoms with E-state index in [4.69, 9.17) is 4.74 Å². The Kier molecular flexibility index (Phi) is 6.07. The van der Waals surface area contributed by atoms with Crippen molar-refractivity contribution in [3.8, 4) is 5.75 Å². The Hall–Kier alpha value is -1.02. The van der Waals surface area contributed by atoms with Crippen LogP contribution < -0.4 is 4.74 Å².